The number of aromatic nitrogens is 1. The van der Waals surface area contributed by atoms with Crippen LogP contribution < -0.4 is 10.2 Å². The van der Waals surface area contributed by atoms with Crippen LogP contribution in [0.15, 0.2) is 23.4 Å². The van der Waals surface area contributed by atoms with Crippen LogP contribution in [0.1, 0.15) is 50.4 Å². The zero-order valence-electron chi connectivity index (χ0n) is 13.6. The third-order valence-corrected chi connectivity index (χ3v) is 6.01. The number of carbonyl (C=O) groups excluding carboxylic acids is 1. The van der Waals surface area contributed by atoms with Crippen LogP contribution in [0.5, 0.6) is 5.88 Å². The molecule has 1 N–H and O–H groups in total. The van der Waals surface area contributed by atoms with Crippen molar-refractivity contribution in [2.75, 3.05) is 7.11 Å². The molecule has 5 heteroatoms. The van der Waals surface area contributed by atoms with Gasteiger partial charge in [-0.1, -0.05) is 20.8 Å². The van der Waals surface area contributed by atoms with Crippen molar-refractivity contribution in [1.82, 2.24) is 10.4 Å². The van der Waals surface area contributed by atoms with Crippen LogP contribution in [-0.2, 0) is 0 Å². The summed E-state index contributed by atoms with van der Waals surface area (Å²) in [6, 6.07) is 3.40. The van der Waals surface area contributed by atoms with E-state index in [1.165, 1.54) is 13.5 Å². The molecule has 3 rings (SSSR count). The highest BCUT2D eigenvalue weighted by Gasteiger charge is 2.60. The Bertz CT molecular complexity index is 639. The molecule has 2 saturated carbocycles. The summed E-state index contributed by atoms with van der Waals surface area (Å²) in [6.07, 6.45) is 4.98. The van der Waals surface area contributed by atoms with Gasteiger partial charge >= 0.3 is 0 Å². The molecule has 0 saturated heterocycles. The number of fused-ring (bicyclic) bond motifs is 2. The number of hydrazone groups is 1. The van der Waals surface area contributed by atoms with Crippen molar-refractivity contribution >= 4 is 11.6 Å². The number of hydrogen-bond acceptors (Lipinski definition) is 4. The lowest BCUT2D eigenvalue weighted by Gasteiger charge is -2.34. The van der Waals surface area contributed by atoms with Crippen LogP contribution in [0.25, 0.3) is 0 Å². The average molecular weight is 301 g/mol. The maximum Gasteiger partial charge on any atom is 0.276 e. The number of pyridine rings is 1. The molecular weight excluding hydrogens is 278 g/mol. The van der Waals surface area contributed by atoms with Crippen molar-refractivity contribution in [1.29, 1.82) is 0 Å². The summed E-state index contributed by atoms with van der Waals surface area (Å²) < 4.78 is 5.12. The number of nitrogens with one attached hydrogen (secondary N) is 1. The first-order valence-corrected chi connectivity index (χ1v) is 7.76. The van der Waals surface area contributed by atoms with Gasteiger partial charge in [-0.3, -0.25) is 4.79 Å². The molecular formula is C17H23N3O2. The highest BCUT2D eigenvalue weighted by molar-refractivity contribution is 5.99. The molecule has 0 aromatic carbocycles. The number of amides is 1. The predicted molar refractivity (Wildman–Crippen MR) is 84.9 cm³/mol. The SMILES string of the molecule is COc1ncccc1C(=O)NN=C1CC2CCC1(C)C2(C)C. The van der Waals surface area contributed by atoms with E-state index >= 15 is 0 Å². The predicted octanol–water partition coefficient (Wildman–Crippen LogP) is 3.02. The molecule has 1 amide bonds. The number of ether oxygens (including phenoxy) is 1. The van der Waals surface area contributed by atoms with Crippen LogP contribution in [0.4, 0.5) is 0 Å². The largest absolute Gasteiger partial charge is 0.480 e. The first-order chi connectivity index (χ1) is 10.4. The minimum absolute atomic E-state index is 0.0873. The summed E-state index contributed by atoms with van der Waals surface area (Å²) in [5.41, 5.74) is 4.55. The van der Waals surface area contributed by atoms with Gasteiger partial charge < -0.3 is 4.74 Å². The van der Waals surface area contributed by atoms with Gasteiger partial charge in [0.2, 0.25) is 5.88 Å². The number of carbonyl (C=O) groups is 1. The monoisotopic (exact) mass is 301 g/mol. The van der Waals surface area contributed by atoms with Gasteiger partial charge in [-0.2, -0.15) is 5.10 Å². The van der Waals surface area contributed by atoms with E-state index in [0.717, 1.165) is 18.6 Å². The highest BCUT2D eigenvalue weighted by Crippen LogP contribution is 2.63. The Hall–Kier alpha value is -1.91. The summed E-state index contributed by atoms with van der Waals surface area (Å²) in [6.45, 7) is 6.91. The van der Waals surface area contributed by atoms with Gasteiger partial charge in [-0.15, -0.1) is 0 Å². The lowest BCUT2D eigenvalue weighted by atomic mass is 9.70. The molecule has 0 aliphatic heterocycles. The van der Waals surface area contributed by atoms with Crippen molar-refractivity contribution < 1.29 is 9.53 Å². The Morgan fingerprint density at radius 3 is 2.82 bits per heavy atom. The molecule has 22 heavy (non-hydrogen) atoms. The Balaban J connectivity index is 1.80. The third-order valence-electron chi connectivity index (χ3n) is 6.01. The zero-order valence-corrected chi connectivity index (χ0v) is 13.6. The van der Waals surface area contributed by atoms with Crippen molar-refractivity contribution in [3.63, 3.8) is 0 Å². The minimum Gasteiger partial charge on any atom is -0.480 e. The van der Waals surface area contributed by atoms with Crippen molar-refractivity contribution in [3.8, 4) is 5.88 Å². The number of hydrogen-bond donors (Lipinski definition) is 1. The summed E-state index contributed by atoms with van der Waals surface area (Å²) in [5.74, 6) is 0.711. The standard InChI is InChI=1S/C17H23N3O2/c1-16(2)11-7-8-17(16,3)13(10-11)19-20-14(21)12-6-5-9-18-15(12)22-4/h5-6,9,11H,7-8,10H2,1-4H3,(H,20,21). The van der Waals surface area contributed by atoms with Gasteiger partial charge in [0.15, 0.2) is 0 Å². The Labute approximate surface area is 131 Å². The first kappa shape index (κ1) is 15.0. The molecule has 1 heterocycles. The van der Waals surface area contributed by atoms with E-state index in [9.17, 15) is 4.79 Å². The second-order valence-corrected chi connectivity index (χ2v) is 7.05. The maximum absolute atomic E-state index is 12.3. The van der Waals surface area contributed by atoms with E-state index in [2.05, 4.69) is 36.3 Å². The van der Waals surface area contributed by atoms with E-state index in [-0.39, 0.29) is 16.7 Å². The van der Waals surface area contributed by atoms with E-state index in [0.29, 0.717) is 17.4 Å². The normalized spacial score (nSPS) is 30.5. The Morgan fingerprint density at radius 2 is 2.23 bits per heavy atom. The average Bonchev–Trinajstić information content (AvgIpc) is 2.85. The van der Waals surface area contributed by atoms with Crippen LogP contribution in [0.3, 0.4) is 0 Å². The topological polar surface area (TPSA) is 63.6 Å². The molecule has 1 aromatic heterocycles. The molecule has 5 nitrogen and oxygen atoms in total. The van der Waals surface area contributed by atoms with Crippen LogP contribution in [0.2, 0.25) is 0 Å². The number of rotatable bonds is 3. The fourth-order valence-corrected chi connectivity index (χ4v) is 4.00. The Kier molecular flexibility index (Phi) is 3.46. The molecule has 2 atom stereocenters. The van der Waals surface area contributed by atoms with Gasteiger partial charge in [0.05, 0.1) is 7.11 Å². The molecule has 2 fully saturated rings. The van der Waals surface area contributed by atoms with Crippen molar-refractivity contribution in [3.05, 3.63) is 23.9 Å². The molecule has 2 aliphatic carbocycles. The highest BCUT2D eigenvalue weighted by atomic mass is 16.5. The molecule has 2 aliphatic rings. The minimum atomic E-state index is -0.276. The van der Waals surface area contributed by atoms with Crippen molar-refractivity contribution in [2.24, 2.45) is 21.8 Å². The molecule has 2 unspecified atom stereocenters. The van der Waals surface area contributed by atoms with Gasteiger partial charge in [-0.05, 0) is 42.7 Å². The zero-order chi connectivity index (χ0) is 16.0. The quantitative estimate of drug-likeness (QED) is 0.873. The van der Waals surface area contributed by atoms with Crippen LogP contribution in [0, 0.1) is 16.7 Å². The number of methoxy groups -OCH3 is 1. The molecule has 1 aromatic rings. The van der Waals surface area contributed by atoms with Gasteiger partial charge in [-0.25, -0.2) is 10.4 Å². The third kappa shape index (κ3) is 2.02. The van der Waals surface area contributed by atoms with E-state index in [4.69, 9.17) is 4.74 Å². The summed E-state index contributed by atoms with van der Waals surface area (Å²) in [4.78, 5) is 16.4. The van der Waals surface area contributed by atoms with Gasteiger partial charge in [0.25, 0.3) is 5.91 Å². The first-order valence-electron chi connectivity index (χ1n) is 7.76. The molecule has 0 radical (unpaired) electrons. The Morgan fingerprint density at radius 1 is 1.45 bits per heavy atom. The molecule has 2 bridgehead atoms. The van der Waals surface area contributed by atoms with Crippen molar-refractivity contribution in [2.45, 2.75) is 40.0 Å². The lowest BCUT2D eigenvalue weighted by Crippen LogP contribution is -2.34. The molecule has 118 valence electrons. The summed E-state index contributed by atoms with van der Waals surface area (Å²) in [7, 11) is 1.50. The van der Waals surface area contributed by atoms with Crippen LogP contribution in [-0.4, -0.2) is 23.7 Å². The van der Waals surface area contributed by atoms with Gasteiger partial charge in [0, 0.05) is 17.3 Å². The van der Waals surface area contributed by atoms with Crippen LogP contribution >= 0.6 is 0 Å². The molecule has 0 spiro atoms. The van der Waals surface area contributed by atoms with E-state index in [1.54, 1.807) is 18.3 Å². The maximum atomic E-state index is 12.3. The smallest absolute Gasteiger partial charge is 0.276 e. The van der Waals surface area contributed by atoms with E-state index in [1.807, 2.05) is 0 Å². The fraction of sp³-hybridized carbons (Fsp3) is 0.588. The second-order valence-electron chi connectivity index (χ2n) is 7.05. The van der Waals surface area contributed by atoms with E-state index < -0.39 is 0 Å². The number of nitrogens with zero attached hydrogens (tertiary/aromatic N) is 2. The fourth-order valence-electron chi connectivity index (χ4n) is 4.00. The summed E-state index contributed by atoms with van der Waals surface area (Å²) in [5, 5.41) is 4.46. The lowest BCUT2D eigenvalue weighted by molar-refractivity contribution is 0.0950. The summed E-state index contributed by atoms with van der Waals surface area (Å²) >= 11 is 0. The van der Waals surface area contributed by atoms with Gasteiger partial charge in [0.1, 0.15) is 5.56 Å². The second kappa shape index (κ2) is 5.07.